The van der Waals surface area contributed by atoms with E-state index in [1.165, 1.54) is 22.8 Å². The van der Waals surface area contributed by atoms with Crippen molar-refractivity contribution in [2.75, 3.05) is 18.6 Å². The van der Waals surface area contributed by atoms with Crippen molar-refractivity contribution in [1.29, 1.82) is 0 Å². The summed E-state index contributed by atoms with van der Waals surface area (Å²) < 4.78 is 7.67. The molecular weight excluding hydrogens is 408 g/mol. The van der Waals surface area contributed by atoms with Crippen LogP contribution in [0.5, 0.6) is 5.75 Å². The van der Waals surface area contributed by atoms with Crippen molar-refractivity contribution in [3.63, 3.8) is 0 Å². The lowest BCUT2D eigenvalue weighted by molar-refractivity contribution is -0.119. The Morgan fingerprint density at radius 1 is 1.00 bits per heavy atom. The van der Waals surface area contributed by atoms with Gasteiger partial charge < -0.3 is 9.64 Å². The number of benzene rings is 2. The smallest absolute Gasteiger partial charge is 0.337 e. The van der Waals surface area contributed by atoms with E-state index in [1.807, 2.05) is 37.3 Å². The van der Waals surface area contributed by atoms with Gasteiger partial charge in [0.1, 0.15) is 12.3 Å². The van der Waals surface area contributed by atoms with Crippen LogP contribution in [0, 0.1) is 0 Å². The summed E-state index contributed by atoms with van der Waals surface area (Å²) in [5, 5.41) is 0.230. The molecule has 32 heavy (non-hydrogen) atoms. The van der Waals surface area contributed by atoms with Crippen LogP contribution in [-0.4, -0.2) is 33.7 Å². The fourth-order valence-electron chi connectivity index (χ4n) is 3.69. The molecule has 0 spiro atoms. The molecule has 8 nitrogen and oxygen atoms in total. The van der Waals surface area contributed by atoms with Gasteiger partial charge in [-0.2, -0.15) is 0 Å². The molecular formula is C24H22N4O4. The third-order valence-electron chi connectivity index (χ3n) is 5.20. The molecule has 0 aliphatic heterocycles. The molecule has 0 saturated carbocycles. The molecule has 2 aromatic carbocycles. The molecule has 0 atom stereocenters. The Kier molecular flexibility index (Phi) is 5.85. The summed E-state index contributed by atoms with van der Waals surface area (Å²) in [5.74, 6) is 0.0743. The Morgan fingerprint density at radius 3 is 2.44 bits per heavy atom. The number of carbonyl (C=O) groups excluding carboxylic acids is 1. The molecule has 4 rings (SSSR count). The summed E-state index contributed by atoms with van der Waals surface area (Å²) in [5.41, 5.74) is 0.0943. The quantitative estimate of drug-likeness (QED) is 0.469. The van der Waals surface area contributed by atoms with E-state index >= 15 is 0 Å². The Morgan fingerprint density at radius 2 is 1.72 bits per heavy atom. The molecule has 4 aromatic rings. The van der Waals surface area contributed by atoms with E-state index in [4.69, 9.17) is 4.74 Å². The second kappa shape index (κ2) is 8.89. The predicted octanol–water partition coefficient (Wildman–Crippen LogP) is 2.61. The lowest BCUT2D eigenvalue weighted by Crippen LogP contribution is -2.45. The Balaban J connectivity index is 1.90. The van der Waals surface area contributed by atoms with E-state index in [1.54, 1.807) is 36.4 Å². The molecule has 2 aromatic heterocycles. The highest BCUT2D eigenvalue weighted by Gasteiger charge is 2.21. The van der Waals surface area contributed by atoms with Gasteiger partial charge in [0.2, 0.25) is 5.91 Å². The highest BCUT2D eigenvalue weighted by atomic mass is 16.5. The summed E-state index contributed by atoms with van der Waals surface area (Å²) in [6.07, 6.45) is 1.51. The van der Waals surface area contributed by atoms with Gasteiger partial charge in [-0.15, -0.1) is 0 Å². The van der Waals surface area contributed by atoms with Gasteiger partial charge in [-0.25, -0.2) is 18.9 Å². The maximum absolute atomic E-state index is 13.5. The molecule has 162 valence electrons. The number of aromatic nitrogens is 3. The Bertz CT molecular complexity index is 1390. The highest BCUT2D eigenvalue weighted by Crippen LogP contribution is 2.23. The number of hydrogen-bond donors (Lipinski definition) is 0. The molecule has 0 radical (unpaired) electrons. The molecule has 0 fully saturated rings. The lowest BCUT2D eigenvalue weighted by Gasteiger charge is -2.22. The summed E-state index contributed by atoms with van der Waals surface area (Å²) in [4.78, 5) is 45.6. The van der Waals surface area contributed by atoms with Crippen LogP contribution in [0.4, 0.5) is 5.69 Å². The number of pyridine rings is 1. The van der Waals surface area contributed by atoms with E-state index in [2.05, 4.69) is 4.98 Å². The lowest BCUT2D eigenvalue weighted by atomic mass is 10.2. The number of methoxy groups -OCH3 is 1. The van der Waals surface area contributed by atoms with Gasteiger partial charge in [-0.1, -0.05) is 30.3 Å². The van der Waals surface area contributed by atoms with Gasteiger partial charge in [0.05, 0.1) is 18.2 Å². The van der Waals surface area contributed by atoms with Crippen molar-refractivity contribution in [3.8, 4) is 11.4 Å². The van der Waals surface area contributed by atoms with Gasteiger partial charge in [-0.05, 0) is 43.3 Å². The van der Waals surface area contributed by atoms with Crippen LogP contribution in [-0.2, 0) is 11.3 Å². The number of carbonyl (C=O) groups is 1. The number of fused-ring (bicyclic) bond motifs is 1. The molecule has 0 unspecified atom stereocenters. The Hall–Kier alpha value is -4.20. The van der Waals surface area contributed by atoms with Crippen LogP contribution in [0.25, 0.3) is 16.7 Å². The number of likely N-dealkylation sites (N-methyl/N-ethyl adjacent to an activating group) is 1. The Labute approximate surface area is 183 Å². The molecule has 1 amide bonds. The number of para-hydroxylation sites is 3. The molecule has 0 saturated heterocycles. The van der Waals surface area contributed by atoms with E-state index in [-0.39, 0.29) is 16.9 Å². The largest absolute Gasteiger partial charge is 0.495 e. The molecule has 0 bridgehead atoms. The van der Waals surface area contributed by atoms with Crippen LogP contribution < -0.4 is 20.9 Å². The van der Waals surface area contributed by atoms with Crippen molar-refractivity contribution in [2.24, 2.45) is 0 Å². The minimum Gasteiger partial charge on any atom is -0.495 e. The first-order valence-corrected chi connectivity index (χ1v) is 10.2. The average molecular weight is 430 g/mol. The standard InChI is InChI=1S/C24H22N4O4/c1-3-26(17-10-5-4-6-11-17)21(29)16-27-23(30)18-12-9-15-25-22(18)28(24(27)31)19-13-7-8-14-20(19)32-2/h4-15H,3,16H2,1-2H3. The first kappa shape index (κ1) is 21.0. The number of amides is 1. The minimum atomic E-state index is -0.664. The van der Waals surface area contributed by atoms with Crippen LogP contribution in [0.2, 0.25) is 0 Å². The normalized spacial score (nSPS) is 10.8. The van der Waals surface area contributed by atoms with Crippen LogP contribution in [0.1, 0.15) is 6.92 Å². The zero-order valence-corrected chi connectivity index (χ0v) is 17.8. The van der Waals surface area contributed by atoms with Gasteiger partial charge in [0.25, 0.3) is 5.56 Å². The number of anilines is 1. The second-order valence-electron chi connectivity index (χ2n) is 7.03. The monoisotopic (exact) mass is 430 g/mol. The number of hydrogen-bond acceptors (Lipinski definition) is 5. The SMILES string of the molecule is CCN(C(=O)Cn1c(=O)c2cccnc2n(-c2ccccc2OC)c1=O)c1ccccc1. The molecule has 0 aliphatic carbocycles. The van der Waals surface area contributed by atoms with Gasteiger partial charge in [-0.3, -0.25) is 9.59 Å². The highest BCUT2D eigenvalue weighted by molar-refractivity contribution is 5.93. The predicted molar refractivity (Wildman–Crippen MR) is 123 cm³/mol. The van der Waals surface area contributed by atoms with Crippen LogP contribution in [0.3, 0.4) is 0 Å². The molecule has 2 heterocycles. The van der Waals surface area contributed by atoms with Crippen molar-refractivity contribution in [3.05, 3.63) is 93.8 Å². The van der Waals surface area contributed by atoms with E-state index < -0.39 is 17.8 Å². The van der Waals surface area contributed by atoms with E-state index in [0.29, 0.717) is 23.7 Å². The fourth-order valence-corrected chi connectivity index (χ4v) is 3.69. The van der Waals surface area contributed by atoms with Crippen LogP contribution in [0.15, 0.2) is 82.5 Å². The first-order chi connectivity index (χ1) is 15.6. The van der Waals surface area contributed by atoms with E-state index in [9.17, 15) is 14.4 Å². The molecule has 8 heteroatoms. The summed E-state index contributed by atoms with van der Waals surface area (Å²) in [6.45, 7) is 1.83. The zero-order chi connectivity index (χ0) is 22.7. The summed E-state index contributed by atoms with van der Waals surface area (Å²) >= 11 is 0. The maximum atomic E-state index is 13.5. The van der Waals surface area contributed by atoms with Crippen molar-refractivity contribution < 1.29 is 9.53 Å². The number of ether oxygens (including phenoxy) is 1. The number of rotatable bonds is 6. The zero-order valence-electron chi connectivity index (χ0n) is 17.8. The van der Waals surface area contributed by atoms with Gasteiger partial charge in [0, 0.05) is 18.4 Å². The van der Waals surface area contributed by atoms with Gasteiger partial charge >= 0.3 is 5.69 Å². The summed E-state index contributed by atoms with van der Waals surface area (Å²) in [6, 6.07) is 19.3. The van der Waals surface area contributed by atoms with Crippen molar-refractivity contribution in [2.45, 2.75) is 13.5 Å². The third-order valence-corrected chi connectivity index (χ3v) is 5.20. The summed E-state index contributed by atoms with van der Waals surface area (Å²) in [7, 11) is 1.50. The van der Waals surface area contributed by atoms with Gasteiger partial charge in [0.15, 0.2) is 5.65 Å². The minimum absolute atomic E-state index is 0.200. The van der Waals surface area contributed by atoms with Crippen molar-refractivity contribution >= 4 is 22.6 Å². The third kappa shape index (κ3) is 3.66. The molecule has 0 aliphatic rings. The fraction of sp³-hybridized carbons (Fsp3) is 0.167. The van der Waals surface area contributed by atoms with E-state index in [0.717, 1.165) is 4.57 Å². The molecule has 0 N–H and O–H groups in total. The maximum Gasteiger partial charge on any atom is 0.337 e. The first-order valence-electron chi connectivity index (χ1n) is 10.2. The van der Waals surface area contributed by atoms with Crippen molar-refractivity contribution in [1.82, 2.24) is 14.1 Å². The van der Waals surface area contributed by atoms with Crippen LogP contribution >= 0.6 is 0 Å². The second-order valence-corrected chi connectivity index (χ2v) is 7.03. The topological polar surface area (TPSA) is 86.4 Å². The average Bonchev–Trinajstić information content (AvgIpc) is 2.83. The number of nitrogens with zero attached hydrogens (tertiary/aromatic N) is 4.